The van der Waals surface area contributed by atoms with Crippen LogP contribution in [0.3, 0.4) is 0 Å². The Morgan fingerprint density at radius 1 is 1.33 bits per heavy atom. The Bertz CT molecular complexity index is 467. The van der Waals surface area contributed by atoms with E-state index in [0.29, 0.717) is 10.7 Å². The Labute approximate surface area is 100 Å². The highest BCUT2D eigenvalue weighted by molar-refractivity contribution is 9.10. The summed E-state index contributed by atoms with van der Waals surface area (Å²) >= 11 is 9.38. The van der Waals surface area contributed by atoms with Crippen LogP contribution in [0.4, 0.5) is 0 Å². The summed E-state index contributed by atoms with van der Waals surface area (Å²) in [7, 11) is 0. The van der Waals surface area contributed by atoms with Crippen LogP contribution in [0.25, 0.3) is 5.69 Å². The zero-order valence-electron chi connectivity index (χ0n) is 7.69. The molecule has 2 rings (SSSR count). The molecule has 0 aliphatic carbocycles. The number of nitrogens with zero attached hydrogens (tertiary/aromatic N) is 2. The van der Waals surface area contributed by atoms with Gasteiger partial charge in [-0.05, 0) is 24.3 Å². The molecule has 0 fully saturated rings. The fraction of sp³-hybridized carbons (Fsp3) is 0.100. The van der Waals surface area contributed by atoms with E-state index in [4.69, 9.17) is 16.7 Å². The van der Waals surface area contributed by atoms with E-state index in [0.717, 1.165) is 10.2 Å². The van der Waals surface area contributed by atoms with Crippen LogP contribution >= 0.6 is 27.5 Å². The normalized spacial score (nSPS) is 10.6. The molecule has 0 aliphatic heterocycles. The summed E-state index contributed by atoms with van der Waals surface area (Å²) in [6, 6.07) is 7.60. The quantitative estimate of drug-likeness (QED) is 0.922. The van der Waals surface area contributed by atoms with E-state index in [1.807, 2.05) is 24.3 Å². The summed E-state index contributed by atoms with van der Waals surface area (Å²) in [5, 5.41) is 13.5. The third-order valence-electron chi connectivity index (χ3n) is 2.02. The average Bonchev–Trinajstić information content (AvgIpc) is 2.61. The fourth-order valence-electron chi connectivity index (χ4n) is 1.24. The average molecular weight is 288 g/mol. The third kappa shape index (κ3) is 2.07. The molecule has 1 aromatic carbocycles. The van der Waals surface area contributed by atoms with E-state index in [2.05, 4.69) is 21.0 Å². The lowest BCUT2D eigenvalue weighted by Gasteiger charge is -2.03. The molecule has 0 saturated heterocycles. The van der Waals surface area contributed by atoms with Gasteiger partial charge in [0, 0.05) is 10.0 Å². The second-order valence-corrected chi connectivity index (χ2v) is 4.28. The molecule has 1 heterocycles. The molecule has 5 heteroatoms. The maximum atomic E-state index is 8.98. The summed E-state index contributed by atoms with van der Waals surface area (Å²) in [4.78, 5) is 0. The van der Waals surface area contributed by atoms with Crippen molar-refractivity contribution in [2.75, 3.05) is 0 Å². The van der Waals surface area contributed by atoms with Gasteiger partial charge in [0.1, 0.15) is 5.15 Å². The highest BCUT2D eigenvalue weighted by Crippen LogP contribution is 2.21. The van der Waals surface area contributed by atoms with Crippen molar-refractivity contribution in [3.05, 3.63) is 45.7 Å². The minimum atomic E-state index is -0.102. The Balaban J connectivity index is 2.45. The van der Waals surface area contributed by atoms with E-state index < -0.39 is 0 Å². The molecule has 0 aliphatic rings. The van der Waals surface area contributed by atoms with E-state index in [-0.39, 0.29) is 6.61 Å². The van der Waals surface area contributed by atoms with Crippen LogP contribution in [0.15, 0.2) is 34.9 Å². The van der Waals surface area contributed by atoms with Crippen molar-refractivity contribution in [1.29, 1.82) is 0 Å². The molecule has 2 aromatic rings. The van der Waals surface area contributed by atoms with Crippen molar-refractivity contribution < 1.29 is 5.11 Å². The summed E-state index contributed by atoms with van der Waals surface area (Å²) in [5.74, 6) is 0. The summed E-state index contributed by atoms with van der Waals surface area (Å²) in [5.41, 5.74) is 1.49. The van der Waals surface area contributed by atoms with Gasteiger partial charge in [-0.25, -0.2) is 4.68 Å². The molecule has 3 nitrogen and oxygen atoms in total. The van der Waals surface area contributed by atoms with Gasteiger partial charge in [-0.15, -0.1) is 0 Å². The molecule has 0 atom stereocenters. The number of aromatic nitrogens is 2. The van der Waals surface area contributed by atoms with Crippen molar-refractivity contribution >= 4 is 27.5 Å². The van der Waals surface area contributed by atoms with E-state index in [1.54, 1.807) is 10.9 Å². The molecule has 0 radical (unpaired) electrons. The molecule has 0 saturated carbocycles. The first kappa shape index (κ1) is 10.7. The third-order valence-corrected chi connectivity index (χ3v) is 2.95. The summed E-state index contributed by atoms with van der Waals surface area (Å²) < 4.78 is 2.58. The predicted octanol–water partition coefficient (Wildman–Crippen LogP) is 2.78. The highest BCUT2D eigenvalue weighted by Gasteiger charge is 2.08. The van der Waals surface area contributed by atoms with Crippen LogP contribution in [-0.4, -0.2) is 14.9 Å². The lowest BCUT2D eigenvalue weighted by molar-refractivity contribution is 0.282. The maximum absolute atomic E-state index is 8.98. The molecule has 0 spiro atoms. The molecule has 0 bridgehead atoms. The van der Waals surface area contributed by atoms with Crippen LogP contribution < -0.4 is 0 Å². The van der Waals surface area contributed by atoms with Crippen LogP contribution in [-0.2, 0) is 6.61 Å². The first-order chi connectivity index (χ1) is 7.22. The lowest BCUT2D eigenvalue weighted by Crippen LogP contribution is -1.96. The van der Waals surface area contributed by atoms with Crippen molar-refractivity contribution in [3.63, 3.8) is 0 Å². The van der Waals surface area contributed by atoms with Gasteiger partial charge in [0.25, 0.3) is 0 Å². The second-order valence-electron chi connectivity index (χ2n) is 3.01. The largest absolute Gasteiger partial charge is 0.392 e. The number of halogens is 2. The van der Waals surface area contributed by atoms with Crippen molar-refractivity contribution in [2.24, 2.45) is 0 Å². The fourth-order valence-corrected chi connectivity index (χ4v) is 1.75. The Hall–Kier alpha value is -0.840. The number of hydrogen-bond acceptors (Lipinski definition) is 2. The monoisotopic (exact) mass is 286 g/mol. The Kier molecular flexibility index (Phi) is 3.09. The van der Waals surface area contributed by atoms with Gasteiger partial charge in [0.15, 0.2) is 0 Å². The van der Waals surface area contributed by atoms with Gasteiger partial charge in [0.05, 0.1) is 18.5 Å². The van der Waals surface area contributed by atoms with Gasteiger partial charge < -0.3 is 5.11 Å². The number of aliphatic hydroxyl groups excluding tert-OH is 1. The topological polar surface area (TPSA) is 38.1 Å². The molecule has 15 heavy (non-hydrogen) atoms. The molecule has 0 amide bonds. The molecule has 1 aromatic heterocycles. The molecule has 78 valence electrons. The van der Waals surface area contributed by atoms with E-state index in [9.17, 15) is 0 Å². The first-order valence-electron chi connectivity index (χ1n) is 4.31. The van der Waals surface area contributed by atoms with Crippen molar-refractivity contribution in [2.45, 2.75) is 6.61 Å². The lowest BCUT2D eigenvalue weighted by atomic mass is 10.3. The van der Waals surface area contributed by atoms with E-state index >= 15 is 0 Å². The number of rotatable bonds is 2. The molecular formula is C10H8BrClN2O. The van der Waals surface area contributed by atoms with Crippen LogP contribution in [0.1, 0.15) is 5.56 Å². The van der Waals surface area contributed by atoms with Gasteiger partial charge in [-0.1, -0.05) is 27.5 Å². The zero-order chi connectivity index (χ0) is 10.8. The minimum Gasteiger partial charge on any atom is -0.392 e. The van der Waals surface area contributed by atoms with Gasteiger partial charge in [0.2, 0.25) is 0 Å². The van der Waals surface area contributed by atoms with Gasteiger partial charge >= 0.3 is 0 Å². The first-order valence-corrected chi connectivity index (χ1v) is 5.48. The maximum Gasteiger partial charge on any atom is 0.138 e. The number of aliphatic hydroxyl groups is 1. The Morgan fingerprint density at radius 3 is 2.53 bits per heavy atom. The number of benzene rings is 1. The standard InChI is InChI=1S/C10H8BrClN2O/c11-8-1-3-9(4-2-8)14-10(12)7(6-15)5-13-14/h1-5,15H,6H2. The zero-order valence-corrected chi connectivity index (χ0v) is 10.0. The van der Waals surface area contributed by atoms with Crippen LogP contribution in [0.5, 0.6) is 0 Å². The molecular weight excluding hydrogens is 279 g/mol. The summed E-state index contributed by atoms with van der Waals surface area (Å²) in [6.45, 7) is -0.102. The smallest absolute Gasteiger partial charge is 0.138 e. The van der Waals surface area contributed by atoms with Crippen molar-refractivity contribution in [1.82, 2.24) is 9.78 Å². The molecule has 1 N–H and O–H groups in total. The van der Waals surface area contributed by atoms with Gasteiger partial charge in [-0.2, -0.15) is 5.10 Å². The summed E-state index contributed by atoms with van der Waals surface area (Å²) in [6.07, 6.45) is 1.56. The number of hydrogen-bond donors (Lipinski definition) is 1. The van der Waals surface area contributed by atoms with E-state index in [1.165, 1.54) is 0 Å². The molecule has 0 unspecified atom stereocenters. The SMILES string of the molecule is OCc1cnn(-c2ccc(Br)cc2)c1Cl. The second kappa shape index (κ2) is 4.35. The van der Waals surface area contributed by atoms with Crippen LogP contribution in [0, 0.1) is 0 Å². The Morgan fingerprint density at radius 2 is 2.00 bits per heavy atom. The highest BCUT2D eigenvalue weighted by atomic mass is 79.9. The van der Waals surface area contributed by atoms with Crippen molar-refractivity contribution in [3.8, 4) is 5.69 Å². The minimum absolute atomic E-state index is 0.102. The van der Waals surface area contributed by atoms with Crippen LogP contribution in [0.2, 0.25) is 5.15 Å². The predicted molar refractivity (Wildman–Crippen MR) is 62.2 cm³/mol. The van der Waals surface area contributed by atoms with Gasteiger partial charge in [-0.3, -0.25) is 0 Å².